The molecule has 1 aromatic rings. The van der Waals surface area contributed by atoms with Crippen molar-refractivity contribution in [1.29, 1.82) is 0 Å². The zero-order chi connectivity index (χ0) is 17.5. The van der Waals surface area contributed by atoms with Gasteiger partial charge in [-0.2, -0.15) is 0 Å². The molecule has 5 nitrogen and oxygen atoms in total. The summed E-state index contributed by atoms with van der Waals surface area (Å²) in [7, 11) is 0. The number of allylic oxidation sites excluding steroid dienone is 1. The van der Waals surface area contributed by atoms with Crippen LogP contribution in [0.2, 0.25) is 0 Å². The Kier molecular flexibility index (Phi) is 8.95. The van der Waals surface area contributed by atoms with E-state index in [0.717, 1.165) is 38.6 Å². The summed E-state index contributed by atoms with van der Waals surface area (Å²) in [5, 5.41) is 3.50. The third-order valence-corrected chi connectivity index (χ3v) is 5.54. The van der Waals surface area contributed by atoms with Gasteiger partial charge >= 0.3 is 0 Å². The summed E-state index contributed by atoms with van der Waals surface area (Å²) in [6.45, 7) is 8.41. The molecule has 0 aromatic carbocycles. The molecule has 1 aliphatic heterocycles. The lowest BCUT2D eigenvalue weighted by molar-refractivity contribution is 0.189. The minimum atomic E-state index is 0. The predicted molar refractivity (Wildman–Crippen MR) is 119 cm³/mol. The number of imidazole rings is 1. The molecule has 1 fully saturated rings. The molecule has 1 N–H and O–H groups in total. The van der Waals surface area contributed by atoms with Crippen molar-refractivity contribution >= 4 is 29.9 Å². The average molecular weight is 471 g/mol. The van der Waals surface area contributed by atoms with Crippen LogP contribution in [0.4, 0.5) is 0 Å². The number of nitrogens with one attached hydrogen (secondary N) is 1. The fraction of sp³-hybridized carbons (Fsp3) is 0.700. The fourth-order valence-electron chi connectivity index (χ4n) is 3.96. The fourth-order valence-corrected chi connectivity index (χ4v) is 3.96. The van der Waals surface area contributed by atoms with Gasteiger partial charge in [0.05, 0.1) is 12.4 Å². The van der Waals surface area contributed by atoms with Gasteiger partial charge in [0.1, 0.15) is 0 Å². The van der Waals surface area contributed by atoms with Crippen LogP contribution >= 0.6 is 24.0 Å². The smallest absolute Gasteiger partial charge is 0.193 e. The van der Waals surface area contributed by atoms with Gasteiger partial charge in [-0.25, -0.2) is 4.98 Å². The number of halogens is 1. The predicted octanol–water partition coefficient (Wildman–Crippen LogP) is 4.24. The molecule has 0 amide bonds. The molecule has 2 heterocycles. The minimum Gasteiger partial charge on any atom is -0.357 e. The highest BCUT2D eigenvalue weighted by Gasteiger charge is 2.28. The van der Waals surface area contributed by atoms with E-state index in [9.17, 15) is 0 Å². The summed E-state index contributed by atoms with van der Waals surface area (Å²) >= 11 is 0. The monoisotopic (exact) mass is 471 g/mol. The van der Waals surface area contributed by atoms with Crippen LogP contribution in [0, 0.1) is 5.92 Å². The highest BCUT2D eigenvalue weighted by atomic mass is 127. The second-order valence-corrected chi connectivity index (χ2v) is 7.38. The number of rotatable bonds is 5. The summed E-state index contributed by atoms with van der Waals surface area (Å²) in [6.07, 6.45) is 15.9. The van der Waals surface area contributed by atoms with Gasteiger partial charge < -0.3 is 14.8 Å². The Morgan fingerprint density at radius 3 is 2.96 bits per heavy atom. The van der Waals surface area contributed by atoms with Gasteiger partial charge in [-0.15, -0.1) is 24.0 Å². The van der Waals surface area contributed by atoms with Crippen LogP contribution in [-0.4, -0.2) is 46.6 Å². The van der Waals surface area contributed by atoms with E-state index < -0.39 is 0 Å². The molecular weight excluding hydrogens is 437 g/mol. The van der Waals surface area contributed by atoms with Crippen molar-refractivity contribution in [3.8, 4) is 0 Å². The second-order valence-electron chi connectivity index (χ2n) is 7.38. The third-order valence-electron chi connectivity index (χ3n) is 5.54. The van der Waals surface area contributed by atoms with Gasteiger partial charge in [-0.1, -0.05) is 18.6 Å². The zero-order valence-electron chi connectivity index (χ0n) is 16.2. The Morgan fingerprint density at radius 1 is 1.38 bits per heavy atom. The van der Waals surface area contributed by atoms with Crippen molar-refractivity contribution in [2.45, 2.75) is 58.4 Å². The standard InChI is InChI=1S/C20H33N5.HI/c1-3-22-20(23-11-9-18-7-5-4-6-8-18)24-13-10-17(2)19(15-24)25-14-12-21-16-25;/h7,12,14,16-17,19H,3-6,8-11,13,15H2,1-2H3,(H,22,23);1H. The lowest BCUT2D eigenvalue weighted by atomic mass is 9.93. The molecule has 146 valence electrons. The van der Waals surface area contributed by atoms with E-state index in [2.05, 4.69) is 45.9 Å². The largest absolute Gasteiger partial charge is 0.357 e. The van der Waals surface area contributed by atoms with Crippen LogP contribution in [0.25, 0.3) is 0 Å². The van der Waals surface area contributed by atoms with Crippen LogP contribution < -0.4 is 5.32 Å². The molecule has 0 bridgehead atoms. The Labute approximate surface area is 175 Å². The van der Waals surface area contributed by atoms with E-state index in [0.29, 0.717) is 12.0 Å². The summed E-state index contributed by atoms with van der Waals surface area (Å²) < 4.78 is 2.26. The number of nitrogens with zero attached hydrogens (tertiary/aromatic N) is 4. The van der Waals surface area contributed by atoms with Gasteiger partial charge in [0, 0.05) is 38.6 Å². The summed E-state index contributed by atoms with van der Waals surface area (Å²) in [4.78, 5) is 11.6. The molecule has 0 saturated carbocycles. The first-order valence-corrected chi connectivity index (χ1v) is 9.96. The molecule has 1 aliphatic carbocycles. The van der Waals surface area contributed by atoms with Crippen molar-refractivity contribution in [3.05, 3.63) is 30.4 Å². The van der Waals surface area contributed by atoms with Gasteiger partial charge in [0.2, 0.25) is 0 Å². The van der Waals surface area contributed by atoms with Crippen molar-refractivity contribution < 1.29 is 0 Å². The van der Waals surface area contributed by atoms with E-state index in [-0.39, 0.29) is 24.0 Å². The van der Waals surface area contributed by atoms with Gasteiger partial charge in [0.15, 0.2) is 5.96 Å². The average Bonchev–Trinajstić information content (AvgIpc) is 3.17. The van der Waals surface area contributed by atoms with E-state index in [1.807, 2.05) is 12.5 Å². The molecule has 1 saturated heterocycles. The highest BCUT2D eigenvalue weighted by Crippen LogP contribution is 2.27. The van der Waals surface area contributed by atoms with Crippen LogP contribution in [0.5, 0.6) is 0 Å². The van der Waals surface area contributed by atoms with E-state index in [4.69, 9.17) is 4.99 Å². The normalized spacial score (nSPS) is 24.0. The first kappa shape index (κ1) is 21.3. The molecular formula is C20H34IN5. The topological polar surface area (TPSA) is 45.5 Å². The number of aliphatic imine (C=N–C) groups is 1. The quantitative estimate of drug-likeness (QED) is 0.303. The number of aromatic nitrogens is 2. The van der Waals surface area contributed by atoms with Crippen LogP contribution in [0.15, 0.2) is 35.4 Å². The van der Waals surface area contributed by atoms with Crippen molar-refractivity contribution in [3.63, 3.8) is 0 Å². The lowest BCUT2D eigenvalue weighted by Gasteiger charge is -2.39. The van der Waals surface area contributed by atoms with Gasteiger partial charge in [0.25, 0.3) is 0 Å². The molecule has 2 aliphatic rings. The number of hydrogen-bond donors (Lipinski definition) is 1. The minimum absolute atomic E-state index is 0. The van der Waals surface area contributed by atoms with Crippen molar-refractivity contribution in [2.75, 3.05) is 26.2 Å². The van der Waals surface area contributed by atoms with Crippen molar-refractivity contribution in [1.82, 2.24) is 19.8 Å². The van der Waals surface area contributed by atoms with E-state index in [1.54, 1.807) is 5.57 Å². The molecule has 0 radical (unpaired) electrons. The number of guanidine groups is 1. The first-order chi connectivity index (χ1) is 12.3. The number of likely N-dealkylation sites (tertiary alicyclic amines) is 1. The van der Waals surface area contributed by atoms with Gasteiger partial charge in [-0.3, -0.25) is 4.99 Å². The molecule has 3 rings (SSSR count). The SMILES string of the molecule is CCNC(=NCCC1=CCCCC1)N1CCC(C)C(n2ccnc2)C1.I. The highest BCUT2D eigenvalue weighted by molar-refractivity contribution is 14.0. The molecule has 6 heteroatoms. The number of piperidine rings is 1. The maximum atomic E-state index is 4.94. The summed E-state index contributed by atoms with van der Waals surface area (Å²) in [5.41, 5.74) is 1.61. The Morgan fingerprint density at radius 2 is 2.27 bits per heavy atom. The number of hydrogen-bond acceptors (Lipinski definition) is 2. The van der Waals surface area contributed by atoms with Crippen LogP contribution in [-0.2, 0) is 0 Å². The Hall–Kier alpha value is -1.05. The third kappa shape index (κ3) is 5.72. The second kappa shape index (κ2) is 10.9. The maximum absolute atomic E-state index is 4.94. The molecule has 26 heavy (non-hydrogen) atoms. The molecule has 2 unspecified atom stereocenters. The summed E-state index contributed by atoms with van der Waals surface area (Å²) in [5.74, 6) is 1.75. The Balaban J connectivity index is 0.00000243. The van der Waals surface area contributed by atoms with E-state index in [1.165, 1.54) is 32.1 Å². The van der Waals surface area contributed by atoms with E-state index >= 15 is 0 Å². The van der Waals surface area contributed by atoms with Crippen molar-refractivity contribution in [2.24, 2.45) is 10.9 Å². The Bertz CT molecular complexity index is 581. The lowest BCUT2D eigenvalue weighted by Crippen LogP contribution is -2.49. The maximum Gasteiger partial charge on any atom is 0.193 e. The van der Waals surface area contributed by atoms with Crippen LogP contribution in [0.1, 0.15) is 58.4 Å². The summed E-state index contributed by atoms with van der Waals surface area (Å²) in [6, 6.07) is 0.473. The van der Waals surface area contributed by atoms with Gasteiger partial charge in [-0.05, 0) is 51.4 Å². The van der Waals surface area contributed by atoms with Crippen LogP contribution in [0.3, 0.4) is 0 Å². The molecule has 1 aromatic heterocycles. The zero-order valence-corrected chi connectivity index (χ0v) is 18.6. The molecule has 2 atom stereocenters. The molecule has 0 spiro atoms. The first-order valence-electron chi connectivity index (χ1n) is 9.96.